The van der Waals surface area contributed by atoms with E-state index in [9.17, 15) is 91.2 Å². The minimum Gasteiger partial charge on any atom is -0.409 e. The van der Waals surface area contributed by atoms with Crippen LogP contribution in [0.25, 0.3) is 55.9 Å². The average Bonchev–Trinajstić information content (AvgIpc) is 1.62. The van der Waals surface area contributed by atoms with Crippen LogP contribution < -0.4 is 35.5 Å². The Hall–Kier alpha value is -13.5. The van der Waals surface area contributed by atoms with E-state index in [1.165, 1.54) is 171 Å². The Morgan fingerprint density at radius 1 is 0.415 bits per heavy atom. The number of alkyl halides is 12. The van der Waals surface area contributed by atoms with Crippen LogP contribution in [0.15, 0.2) is 301 Å². The SMILES string of the molecule is CN.Cl.FC(F)(F)c1ccc(-c2ccc3c(c2)CCN3)cc1.N#Cc1ccc(S(=O)(=O)Cl)cc1.N#Cc1ccc(S(=O)(=O)N2CCc3cc(-c4ccc(C(F)(F)F)cc4)ccc32)cc1.NC(=NO)c1ccc(S(=O)(=O)N2CCc3cc(-c4ccc(C(F)(F)F)cc4)ccc32)cc1.O=c1[nH]c(-c2ccc(S(=O)(=O)N3CCc4cc(-c5ccc(C(F)(F)F)cc5)ccc43)cc2)no1. The lowest BCUT2D eigenvalue weighted by atomic mass is 10.0. The van der Waals surface area contributed by atoms with E-state index >= 15 is 0 Å². The number of nitrogens with one attached hydrogen (secondary N) is 2. The molecule has 130 heavy (non-hydrogen) atoms. The van der Waals surface area contributed by atoms with E-state index in [1.807, 2.05) is 36.4 Å². The van der Waals surface area contributed by atoms with E-state index in [2.05, 4.69) is 30.9 Å². The number of rotatable bonds is 13. The van der Waals surface area contributed by atoms with Crippen molar-refractivity contribution in [3.05, 3.63) is 339 Å². The summed E-state index contributed by atoms with van der Waals surface area (Å²) in [6.07, 6.45) is -15.1. The Kier molecular flexibility index (Phi) is 29.6. The van der Waals surface area contributed by atoms with Gasteiger partial charge in [0, 0.05) is 53.7 Å². The van der Waals surface area contributed by atoms with Crippen molar-refractivity contribution in [3.8, 4) is 68.0 Å². The molecule has 1 aromatic heterocycles. The largest absolute Gasteiger partial charge is 0.439 e. The molecule has 0 saturated carbocycles. The highest BCUT2D eigenvalue weighted by atomic mass is 35.7. The first-order valence-corrected chi connectivity index (χ1v) is 45.0. The zero-order valence-electron chi connectivity index (χ0n) is 67.3. The van der Waals surface area contributed by atoms with Crippen LogP contribution in [0.5, 0.6) is 0 Å². The molecule has 40 heteroatoms. The van der Waals surface area contributed by atoms with Crippen LogP contribution in [0, 0.1) is 22.7 Å². The monoisotopic (exact) mass is 1910 g/mol. The molecular formula is C90H71Cl2F12N11O11S4. The van der Waals surface area contributed by atoms with Gasteiger partial charge in [-0.05, 0) is 294 Å². The summed E-state index contributed by atoms with van der Waals surface area (Å²) in [7, 11) is -8.59. The second-order valence-electron chi connectivity index (χ2n) is 28.5. The summed E-state index contributed by atoms with van der Waals surface area (Å²) in [6.45, 7) is 1.68. The lowest BCUT2D eigenvalue weighted by Crippen LogP contribution is -2.29. The summed E-state index contributed by atoms with van der Waals surface area (Å²) in [4.78, 5) is 13.8. The molecule has 0 bridgehead atoms. The van der Waals surface area contributed by atoms with Crippen LogP contribution in [-0.2, 0) is 89.5 Å². The molecule has 0 amide bonds. The maximum absolute atomic E-state index is 13.3. The maximum atomic E-state index is 13.3. The fourth-order valence-electron chi connectivity index (χ4n) is 14.1. The predicted octanol–water partition coefficient (Wildman–Crippen LogP) is 19.5. The average molecular weight is 1910 g/mol. The van der Waals surface area contributed by atoms with Crippen LogP contribution in [0.3, 0.4) is 0 Å². The number of hydrogen-bond acceptors (Lipinski definition) is 17. The Bertz CT molecular complexity index is 6950. The van der Waals surface area contributed by atoms with Gasteiger partial charge in [-0.25, -0.2) is 38.5 Å². The number of hydrogen-bond donors (Lipinski definition) is 5. The zero-order valence-corrected chi connectivity index (χ0v) is 72.2. The number of aromatic amines is 1. The van der Waals surface area contributed by atoms with Gasteiger partial charge in [-0.1, -0.05) is 83.1 Å². The van der Waals surface area contributed by atoms with Crippen LogP contribution in [0.4, 0.5) is 75.4 Å². The Morgan fingerprint density at radius 2 is 0.700 bits per heavy atom. The van der Waals surface area contributed by atoms with Gasteiger partial charge in [0.05, 0.1) is 82.2 Å². The molecule has 0 aliphatic carbocycles. The van der Waals surface area contributed by atoms with Gasteiger partial charge in [0.1, 0.15) is 0 Å². The van der Waals surface area contributed by atoms with Crippen LogP contribution in [0.2, 0.25) is 0 Å². The molecule has 13 aromatic rings. The topological polar surface area (TPSA) is 349 Å². The number of halogens is 14. The highest BCUT2D eigenvalue weighted by molar-refractivity contribution is 8.13. The van der Waals surface area contributed by atoms with E-state index in [0.717, 1.165) is 101 Å². The predicted molar refractivity (Wildman–Crippen MR) is 469 cm³/mol. The second kappa shape index (κ2) is 39.6. The molecule has 0 fully saturated rings. The number of nitriles is 2. The highest BCUT2D eigenvalue weighted by Crippen LogP contribution is 2.43. The number of amidine groups is 1. The van der Waals surface area contributed by atoms with Crippen molar-refractivity contribution in [1.82, 2.24) is 10.1 Å². The van der Waals surface area contributed by atoms with Gasteiger partial charge in [-0.2, -0.15) is 63.2 Å². The molecular weight excluding hydrogens is 1840 g/mol. The normalized spacial score (nSPS) is 13.4. The van der Waals surface area contributed by atoms with Crippen LogP contribution in [0.1, 0.15) is 61.2 Å². The summed E-state index contributed by atoms with van der Waals surface area (Å²) in [5, 5.41) is 35.7. The minimum absolute atomic E-state index is 0. The number of H-pyrrole nitrogens is 1. The van der Waals surface area contributed by atoms with E-state index in [0.29, 0.717) is 86.4 Å². The lowest BCUT2D eigenvalue weighted by Gasteiger charge is -2.20. The fraction of sp³-hybridized carbons (Fsp3) is 0.144. The maximum Gasteiger partial charge on any atom is 0.439 e. The molecule has 4 aliphatic rings. The first kappa shape index (κ1) is 97.1. The molecule has 674 valence electrons. The zero-order chi connectivity index (χ0) is 93.3. The van der Waals surface area contributed by atoms with Gasteiger partial charge in [-0.3, -0.25) is 22.4 Å². The van der Waals surface area contributed by atoms with Gasteiger partial charge in [-0.15, -0.1) is 12.4 Å². The molecule has 22 nitrogen and oxygen atoms in total. The van der Waals surface area contributed by atoms with Crippen molar-refractivity contribution in [1.29, 1.82) is 10.5 Å². The number of fused-ring (bicyclic) bond motifs is 4. The molecule has 0 spiro atoms. The van der Waals surface area contributed by atoms with Gasteiger partial charge in [0.15, 0.2) is 11.7 Å². The van der Waals surface area contributed by atoms with E-state index in [-0.39, 0.29) is 63.3 Å². The number of nitrogens with zero attached hydrogens (tertiary/aromatic N) is 7. The molecule has 4 aliphatic heterocycles. The minimum atomic E-state index is -4.41. The molecule has 0 atom stereocenters. The number of sulfonamides is 3. The molecule has 7 N–H and O–H groups in total. The summed E-state index contributed by atoms with van der Waals surface area (Å²) in [5.41, 5.74) is 21.0. The van der Waals surface area contributed by atoms with Crippen molar-refractivity contribution in [3.63, 3.8) is 0 Å². The standard InChI is InChI=1S/C23H16F3N3O4S.C22H18F3N3O3S.C22H15F3N2O2S.C15H12F3N.C7H4ClNO2S.CH5N.ClH/c24-23(25,26)18-6-1-14(2-7-18)16-5-10-20-17(13-16)11-12-29(20)34(31,32)19-8-3-15(4-9-19)21-27-22(30)33-28-21;23-22(24,25)18-6-1-14(2-7-18)16-5-10-20-17(13-16)11-12-28(20)32(30,31)19-8-3-15(4-9-19)21(26)27-29;23-22(24,25)19-6-3-16(4-7-19)17-5-10-21-18(13-17)11-12-27(21)30(28,29)20-8-1-15(14-26)2-9-20;16-15(17,18)13-4-1-10(2-5-13)11-3-6-14-12(9-11)7-8-19-14;8-12(10,11)7-3-1-6(5-9)2-4-7;1-2;/h1-10,13H,11-12H2,(H,27,28,30);1-10,13,29H,11-12H2,(H2,26,27);1-10,13H,11-12H2;1-6,9,19H,7-8H2;1-4H;2H2,1H3;1H. The summed E-state index contributed by atoms with van der Waals surface area (Å²) in [5.74, 6) is -0.649. The van der Waals surface area contributed by atoms with Crippen molar-refractivity contribution in [2.24, 2.45) is 16.6 Å². The van der Waals surface area contributed by atoms with Gasteiger partial charge in [0.2, 0.25) is 0 Å². The lowest BCUT2D eigenvalue weighted by molar-refractivity contribution is -0.138. The van der Waals surface area contributed by atoms with Gasteiger partial charge in [0.25, 0.3) is 39.1 Å². The Balaban J connectivity index is 0.000000161. The quantitative estimate of drug-likeness (QED) is 0.0179. The third-order valence-electron chi connectivity index (χ3n) is 20.6. The highest BCUT2D eigenvalue weighted by Gasteiger charge is 2.38. The number of nitrogens with two attached hydrogens (primary N) is 2. The van der Waals surface area contributed by atoms with Crippen molar-refractivity contribution in [2.75, 3.05) is 51.5 Å². The van der Waals surface area contributed by atoms with Crippen molar-refractivity contribution >= 4 is 90.8 Å². The molecule has 12 aromatic carbocycles. The molecule has 5 heterocycles. The van der Waals surface area contributed by atoms with Gasteiger partial charge < -0.3 is 22.0 Å². The number of aromatic nitrogens is 2. The van der Waals surface area contributed by atoms with Gasteiger partial charge >= 0.3 is 30.5 Å². The van der Waals surface area contributed by atoms with Crippen LogP contribution >= 0.6 is 23.1 Å². The second-order valence-corrected chi connectivity index (χ2v) is 36.7. The number of anilines is 4. The summed E-state index contributed by atoms with van der Waals surface area (Å²) >= 11 is 0. The number of benzene rings is 12. The van der Waals surface area contributed by atoms with E-state index in [1.54, 1.807) is 48.5 Å². The van der Waals surface area contributed by atoms with E-state index in [4.69, 9.17) is 32.1 Å². The smallest absolute Gasteiger partial charge is 0.409 e. The fourth-order valence-corrected chi connectivity index (χ4v) is 19.3. The Labute approximate surface area is 747 Å². The van der Waals surface area contributed by atoms with Crippen LogP contribution in [-0.4, -0.2) is 88.1 Å². The molecule has 0 unspecified atom stereocenters. The third-order valence-corrected chi connectivity index (χ3v) is 27.5. The first-order valence-electron chi connectivity index (χ1n) is 38.3. The third kappa shape index (κ3) is 22.4. The number of oxime groups is 1. The summed E-state index contributed by atoms with van der Waals surface area (Å²) in [6, 6.07) is 67.8. The molecule has 0 radical (unpaired) electrons. The van der Waals surface area contributed by atoms with Crippen molar-refractivity contribution < 1.29 is 96.1 Å². The molecule has 0 saturated heterocycles. The Morgan fingerprint density at radius 3 is 0.992 bits per heavy atom. The van der Waals surface area contributed by atoms with E-state index < -0.39 is 91.8 Å². The summed E-state index contributed by atoms with van der Waals surface area (Å²) < 4.78 is 261. The van der Waals surface area contributed by atoms with Crippen molar-refractivity contribution in [2.45, 2.75) is 70.0 Å². The molecule has 17 rings (SSSR count). The first-order chi connectivity index (χ1) is 61.0.